The maximum Gasteiger partial charge on any atom is 1.00 e. The molecule has 0 spiro atoms. The van der Waals surface area contributed by atoms with Crippen molar-refractivity contribution in [2.45, 2.75) is 32.6 Å². The SMILES string of the molecule is CC(C)(C)N(CC[B-](F)(F)F)C(=O)[O-].[K+].[K+]. The summed E-state index contributed by atoms with van der Waals surface area (Å²) < 4.78 is 35.7. The topological polar surface area (TPSA) is 43.4 Å². The monoisotopic (exact) mass is 289 g/mol. The fraction of sp³-hybridized carbons (Fsp3) is 0.857. The van der Waals surface area contributed by atoms with E-state index in [0.717, 1.165) is 0 Å². The Morgan fingerprint density at radius 3 is 1.81 bits per heavy atom. The number of halogens is 3. The van der Waals surface area contributed by atoms with E-state index in [1.165, 1.54) is 20.8 Å². The van der Waals surface area contributed by atoms with Gasteiger partial charge in [0.15, 0.2) is 0 Å². The second-order valence-corrected chi connectivity index (χ2v) is 4.09. The number of hydrogen-bond acceptors (Lipinski definition) is 2. The summed E-state index contributed by atoms with van der Waals surface area (Å²) in [5.41, 5.74) is -0.861. The van der Waals surface area contributed by atoms with Crippen LogP contribution in [0.25, 0.3) is 0 Å². The van der Waals surface area contributed by atoms with Crippen LogP contribution in [0.2, 0.25) is 6.32 Å². The first-order valence-corrected chi connectivity index (χ1v) is 4.23. The first kappa shape index (κ1) is 23.5. The Bertz CT molecular complexity index is 221. The number of carboxylic acid groups (broad SMARTS) is 1. The van der Waals surface area contributed by atoms with Crippen molar-refractivity contribution in [1.29, 1.82) is 0 Å². The van der Waals surface area contributed by atoms with Gasteiger partial charge in [0, 0.05) is 5.54 Å². The molecule has 3 nitrogen and oxygen atoms in total. The van der Waals surface area contributed by atoms with Gasteiger partial charge in [-0.3, -0.25) is 0 Å². The molecule has 0 aromatic heterocycles. The molecule has 0 aliphatic heterocycles. The fourth-order valence-electron chi connectivity index (χ4n) is 0.976. The summed E-state index contributed by atoms with van der Waals surface area (Å²) in [5, 5.41) is 10.5. The molecule has 1 amide bonds. The first-order chi connectivity index (χ1) is 6.04. The van der Waals surface area contributed by atoms with Crippen LogP contribution in [0.1, 0.15) is 20.8 Å². The minimum Gasteiger partial charge on any atom is -0.530 e. The molecule has 9 heteroatoms. The van der Waals surface area contributed by atoms with Crippen molar-refractivity contribution in [1.82, 2.24) is 4.90 Å². The zero-order valence-corrected chi connectivity index (χ0v) is 16.6. The molecule has 0 fully saturated rings. The van der Waals surface area contributed by atoms with Gasteiger partial charge in [0.25, 0.3) is 0 Å². The van der Waals surface area contributed by atoms with E-state index < -0.39 is 31.5 Å². The number of nitrogens with zero attached hydrogens (tertiary/aromatic N) is 1. The molecule has 84 valence electrons. The molecular formula is C7H13BF3K2NO2. The summed E-state index contributed by atoms with van der Waals surface area (Å²) in [7, 11) is 0. The molecule has 0 aromatic rings. The second-order valence-electron chi connectivity index (χ2n) is 4.09. The third kappa shape index (κ3) is 11.5. The molecule has 0 saturated heterocycles. The molecule has 0 atom stereocenters. The number of rotatable bonds is 3. The van der Waals surface area contributed by atoms with Crippen LogP contribution >= 0.6 is 0 Å². The van der Waals surface area contributed by atoms with Crippen LogP contribution in [0, 0.1) is 0 Å². The second kappa shape index (κ2) is 9.33. The van der Waals surface area contributed by atoms with Crippen LogP contribution in [-0.4, -0.2) is 30.1 Å². The van der Waals surface area contributed by atoms with Crippen LogP contribution in [0.4, 0.5) is 17.7 Å². The average molecular weight is 289 g/mol. The Morgan fingerprint density at radius 1 is 1.25 bits per heavy atom. The predicted molar refractivity (Wildman–Crippen MR) is 45.7 cm³/mol. The summed E-state index contributed by atoms with van der Waals surface area (Å²) in [4.78, 5) is 11.2. The van der Waals surface area contributed by atoms with E-state index >= 15 is 0 Å². The van der Waals surface area contributed by atoms with Crippen molar-refractivity contribution in [2.75, 3.05) is 6.54 Å². The Hall–Kier alpha value is 2.40. The Balaban J connectivity index is -0.000000845. The maximum atomic E-state index is 11.9. The number of hydrogen-bond donors (Lipinski definition) is 0. The van der Waals surface area contributed by atoms with Crippen molar-refractivity contribution < 1.29 is 126 Å². The smallest absolute Gasteiger partial charge is 0.530 e. The Kier molecular flexibility index (Phi) is 13.7. The van der Waals surface area contributed by atoms with Gasteiger partial charge >= 0.3 is 110 Å². The third-order valence-corrected chi connectivity index (χ3v) is 1.71. The quantitative estimate of drug-likeness (QED) is 0.490. The maximum absolute atomic E-state index is 11.9. The predicted octanol–water partition coefficient (Wildman–Crippen LogP) is -4.71. The fourth-order valence-corrected chi connectivity index (χ4v) is 0.976. The van der Waals surface area contributed by atoms with Crippen molar-refractivity contribution >= 4 is 13.1 Å². The van der Waals surface area contributed by atoms with Gasteiger partial charge in [-0.15, -0.1) is 0 Å². The summed E-state index contributed by atoms with van der Waals surface area (Å²) in [6.45, 7) is -0.947. The molecule has 0 heterocycles. The van der Waals surface area contributed by atoms with E-state index in [9.17, 15) is 22.8 Å². The van der Waals surface area contributed by atoms with Crippen molar-refractivity contribution in [3.05, 3.63) is 0 Å². The molecule has 0 saturated carbocycles. The van der Waals surface area contributed by atoms with Gasteiger partial charge in [-0.25, -0.2) is 0 Å². The minimum absolute atomic E-state index is 0. The molecule has 0 bridgehead atoms. The third-order valence-electron chi connectivity index (χ3n) is 1.71. The zero-order chi connectivity index (χ0) is 11.6. The van der Waals surface area contributed by atoms with Gasteiger partial charge in [0.05, 0.1) is 0 Å². The van der Waals surface area contributed by atoms with Crippen LogP contribution in [0.15, 0.2) is 0 Å². The normalized spacial score (nSPS) is 11.1. The van der Waals surface area contributed by atoms with E-state index in [1.54, 1.807) is 0 Å². The molecular weight excluding hydrogens is 276 g/mol. The summed E-state index contributed by atoms with van der Waals surface area (Å²) in [6.07, 6.45) is -2.66. The van der Waals surface area contributed by atoms with Crippen molar-refractivity contribution in [2.24, 2.45) is 0 Å². The number of carbonyl (C=O) groups excluding carboxylic acids is 1. The number of amides is 1. The van der Waals surface area contributed by atoms with E-state index in [4.69, 9.17) is 0 Å². The number of carbonyl (C=O) groups is 1. The summed E-state index contributed by atoms with van der Waals surface area (Å²) in [5.74, 6) is 0. The van der Waals surface area contributed by atoms with E-state index in [1.807, 2.05) is 0 Å². The van der Waals surface area contributed by atoms with Crippen LogP contribution in [-0.2, 0) is 0 Å². The van der Waals surface area contributed by atoms with Crippen LogP contribution in [0.3, 0.4) is 0 Å². The van der Waals surface area contributed by atoms with Gasteiger partial charge in [0.2, 0.25) is 0 Å². The summed E-state index contributed by atoms with van der Waals surface area (Å²) >= 11 is 0. The van der Waals surface area contributed by atoms with E-state index in [-0.39, 0.29) is 103 Å². The molecule has 0 rings (SSSR count). The molecule has 0 aliphatic carbocycles. The van der Waals surface area contributed by atoms with E-state index in [0.29, 0.717) is 4.90 Å². The van der Waals surface area contributed by atoms with Crippen LogP contribution < -0.4 is 108 Å². The first-order valence-electron chi connectivity index (χ1n) is 4.23. The van der Waals surface area contributed by atoms with Crippen molar-refractivity contribution in [3.63, 3.8) is 0 Å². The molecule has 0 aliphatic rings. The zero-order valence-electron chi connectivity index (χ0n) is 10.4. The molecule has 0 radical (unpaired) electrons. The Labute approximate surface area is 179 Å². The van der Waals surface area contributed by atoms with Crippen LogP contribution in [0.5, 0.6) is 0 Å². The van der Waals surface area contributed by atoms with Gasteiger partial charge < -0.3 is 27.7 Å². The van der Waals surface area contributed by atoms with Gasteiger partial charge in [-0.1, -0.05) is 6.32 Å². The largest absolute Gasteiger partial charge is 1.00 e. The Morgan fingerprint density at radius 2 is 1.62 bits per heavy atom. The minimum atomic E-state index is -4.95. The molecule has 0 aromatic carbocycles. The van der Waals surface area contributed by atoms with Gasteiger partial charge in [0.1, 0.15) is 6.09 Å². The van der Waals surface area contributed by atoms with E-state index in [2.05, 4.69) is 0 Å². The molecule has 0 unspecified atom stereocenters. The average Bonchev–Trinajstić information content (AvgIpc) is 1.79. The van der Waals surface area contributed by atoms with Gasteiger partial charge in [-0.2, -0.15) is 0 Å². The molecule has 16 heavy (non-hydrogen) atoms. The summed E-state index contributed by atoms with van der Waals surface area (Å²) in [6, 6.07) is 0. The van der Waals surface area contributed by atoms with Crippen molar-refractivity contribution in [3.8, 4) is 0 Å². The molecule has 0 N–H and O–H groups in total. The van der Waals surface area contributed by atoms with Gasteiger partial charge in [-0.05, 0) is 27.3 Å². The standard InChI is InChI=1S/C7H14BF3NO2.2K/c1-7(2,3)12(6(13)14)5-4-8(9,10)11;;/h4-5H2,1-3H3,(H,13,14);;/q-1;2*+1/p-1.